The lowest BCUT2D eigenvalue weighted by Gasteiger charge is -2.08. The average molecular weight is 401 g/mol. The van der Waals surface area contributed by atoms with E-state index in [4.69, 9.17) is 4.74 Å². The van der Waals surface area contributed by atoms with Crippen LogP contribution in [0.25, 0.3) is 0 Å². The standard InChI is InChI=1S/C21H25BrN2O/c22-17-3-1-2-15(12-17)14-25-19-8-4-16(5-9-19)20-13-21(20)24-11-10-23-18-6-7-18/h1-5,8-9,12,18,20-21,23-24H,6-7,10-11,13-14H2/t20-,21+/m0/s1. The fraction of sp³-hybridized carbons (Fsp3) is 0.429. The van der Waals surface area contributed by atoms with Gasteiger partial charge in [-0.05, 0) is 54.7 Å². The lowest BCUT2D eigenvalue weighted by atomic mass is 10.1. The van der Waals surface area contributed by atoms with Crippen LogP contribution in [-0.2, 0) is 6.61 Å². The first-order valence-corrected chi connectivity index (χ1v) is 10.0. The Balaban J connectivity index is 1.20. The monoisotopic (exact) mass is 400 g/mol. The summed E-state index contributed by atoms with van der Waals surface area (Å²) in [6.45, 7) is 2.77. The Hall–Kier alpha value is -1.36. The van der Waals surface area contributed by atoms with Crippen molar-refractivity contribution in [1.29, 1.82) is 0 Å². The zero-order valence-corrected chi connectivity index (χ0v) is 16.0. The summed E-state index contributed by atoms with van der Waals surface area (Å²) in [6, 6.07) is 18.3. The maximum absolute atomic E-state index is 5.89. The highest BCUT2D eigenvalue weighted by molar-refractivity contribution is 9.10. The Morgan fingerprint density at radius 3 is 2.56 bits per heavy atom. The fourth-order valence-corrected chi connectivity index (χ4v) is 3.66. The zero-order chi connectivity index (χ0) is 17.1. The largest absolute Gasteiger partial charge is 0.489 e. The summed E-state index contributed by atoms with van der Waals surface area (Å²) >= 11 is 3.49. The Morgan fingerprint density at radius 1 is 1.00 bits per heavy atom. The van der Waals surface area contributed by atoms with Crippen molar-refractivity contribution >= 4 is 15.9 Å². The minimum atomic E-state index is 0.598. The van der Waals surface area contributed by atoms with E-state index in [9.17, 15) is 0 Å². The topological polar surface area (TPSA) is 33.3 Å². The molecule has 25 heavy (non-hydrogen) atoms. The molecule has 4 rings (SSSR count). The van der Waals surface area contributed by atoms with Gasteiger partial charge in [-0.25, -0.2) is 0 Å². The van der Waals surface area contributed by atoms with Crippen LogP contribution in [0.1, 0.15) is 36.3 Å². The molecule has 2 fully saturated rings. The molecule has 2 aliphatic carbocycles. The summed E-state index contributed by atoms with van der Waals surface area (Å²) in [6.07, 6.45) is 3.98. The third kappa shape index (κ3) is 5.06. The molecule has 0 radical (unpaired) electrons. The number of rotatable bonds is 9. The number of ether oxygens (including phenoxy) is 1. The molecule has 2 aliphatic rings. The molecule has 0 bridgehead atoms. The molecule has 0 saturated heterocycles. The predicted molar refractivity (Wildman–Crippen MR) is 105 cm³/mol. The minimum Gasteiger partial charge on any atom is -0.489 e. The van der Waals surface area contributed by atoms with Crippen LogP contribution in [0.15, 0.2) is 53.0 Å². The van der Waals surface area contributed by atoms with E-state index in [0.29, 0.717) is 18.6 Å². The van der Waals surface area contributed by atoms with E-state index < -0.39 is 0 Å². The molecule has 2 aromatic rings. The van der Waals surface area contributed by atoms with Crippen LogP contribution in [0.3, 0.4) is 0 Å². The molecule has 3 nitrogen and oxygen atoms in total. The predicted octanol–water partition coefficient (Wildman–Crippen LogP) is 4.23. The Morgan fingerprint density at radius 2 is 1.80 bits per heavy atom. The third-order valence-corrected chi connectivity index (χ3v) is 5.43. The SMILES string of the molecule is Brc1cccc(COc2ccc([C@@H]3C[C@H]3NCCNC3CC3)cc2)c1. The minimum absolute atomic E-state index is 0.598. The number of hydrogen-bond acceptors (Lipinski definition) is 3. The first-order chi connectivity index (χ1) is 12.3. The van der Waals surface area contributed by atoms with Crippen LogP contribution >= 0.6 is 15.9 Å². The number of hydrogen-bond donors (Lipinski definition) is 2. The Kier molecular flexibility index (Phi) is 5.39. The van der Waals surface area contributed by atoms with Gasteiger partial charge in [0.15, 0.2) is 0 Å². The Bertz CT molecular complexity index is 699. The molecule has 2 atom stereocenters. The van der Waals surface area contributed by atoms with E-state index in [0.717, 1.165) is 29.4 Å². The van der Waals surface area contributed by atoms with Gasteiger partial charge in [-0.1, -0.05) is 40.2 Å². The molecule has 0 unspecified atom stereocenters. The highest BCUT2D eigenvalue weighted by Gasteiger charge is 2.37. The van der Waals surface area contributed by atoms with Gasteiger partial charge in [0.25, 0.3) is 0 Å². The van der Waals surface area contributed by atoms with E-state index in [1.165, 1.54) is 30.4 Å². The maximum Gasteiger partial charge on any atom is 0.119 e. The number of nitrogens with one attached hydrogen (secondary N) is 2. The van der Waals surface area contributed by atoms with E-state index in [1.54, 1.807) is 0 Å². The van der Waals surface area contributed by atoms with Crippen molar-refractivity contribution in [2.45, 2.75) is 43.9 Å². The maximum atomic E-state index is 5.89. The van der Waals surface area contributed by atoms with Gasteiger partial charge in [0.05, 0.1) is 0 Å². The summed E-state index contributed by atoms with van der Waals surface area (Å²) in [4.78, 5) is 0. The van der Waals surface area contributed by atoms with Gasteiger partial charge in [-0.2, -0.15) is 0 Å². The van der Waals surface area contributed by atoms with Gasteiger partial charge in [0.2, 0.25) is 0 Å². The fourth-order valence-electron chi connectivity index (χ4n) is 3.21. The first-order valence-electron chi connectivity index (χ1n) is 9.22. The highest BCUT2D eigenvalue weighted by atomic mass is 79.9. The molecule has 2 aromatic carbocycles. The van der Waals surface area contributed by atoms with E-state index in [1.807, 2.05) is 12.1 Å². The van der Waals surface area contributed by atoms with Crippen LogP contribution in [0.4, 0.5) is 0 Å². The summed E-state index contributed by atoms with van der Waals surface area (Å²) in [5, 5.41) is 7.21. The van der Waals surface area contributed by atoms with Gasteiger partial charge in [0, 0.05) is 35.6 Å². The summed E-state index contributed by atoms with van der Waals surface area (Å²) in [7, 11) is 0. The van der Waals surface area contributed by atoms with Gasteiger partial charge >= 0.3 is 0 Å². The lowest BCUT2D eigenvalue weighted by molar-refractivity contribution is 0.306. The molecule has 0 aliphatic heterocycles. The molecule has 0 heterocycles. The second-order valence-corrected chi connectivity index (χ2v) is 8.03. The molecule has 2 N–H and O–H groups in total. The molecule has 0 spiro atoms. The lowest BCUT2D eigenvalue weighted by Crippen LogP contribution is -2.30. The van der Waals surface area contributed by atoms with Gasteiger partial charge in [-0.15, -0.1) is 0 Å². The second-order valence-electron chi connectivity index (χ2n) is 7.12. The van der Waals surface area contributed by atoms with Crippen LogP contribution in [0, 0.1) is 0 Å². The van der Waals surface area contributed by atoms with Crippen molar-refractivity contribution < 1.29 is 4.74 Å². The van der Waals surface area contributed by atoms with Gasteiger partial charge < -0.3 is 15.4 Å². The highest BCUT2D eigenvalue weighted by Crippen LogP contribution is 2.41. The van der Waals surface area contributed by atoms with Crippen LogP contribution in [0.5, 0.6) is 5.75 Å². The van der Waals surface area contributed by atoms with E-state index in [-0.39, 0.29) is 0 Å². The Labute approximate surface area is 158 Å². The average Bonchev–Trinajstić information content (AvgIpc) is 3.53. The van der Waals surface area contributed by atoms with Crippen LogP contribution in [-0.4, -0.2) is 25.2 Å². The summed E-state index contributed by atoms with van der Waals surface area (Å²) in [5.41, 5.74) is 2.59. The normalized spacial score (nSPS) is 22.0. The smallest absolute Gasteiger partial charge is 0.119 e. The van der Waals surface area contributed by atoms with Gasteiger partial charge in [-0.3, -0.25) is 0 Å². The van der Waals surface area contributed by atoms with Crippen molar-refractivity contribution in [3.05, 3.63) is 64.1 Å². The molecule has 2 saturated carbocycles. The number of benzene rings is 2. The van der Waals surface area contributed by atoms with Crippen molar-refractivity contribution in [2.24, 2.45) is 0 Å². The van der Waals surface area contributed by atoms with E-state index in [2.05, 4.69) is 63.0 Å². The summed E-state index contributed by atoms with van der Waals surface area (Å²) in [5.74, 6) is 1.60. The third-order valence-electron chi connectivity index (χ3n) is 4.94. The van der Waals surface area contributed by atoms with E-state index >= 15 is 0 Å². The molecule has 0 aromatic heterocycles. The quantitative estimate of drug-likeness (QED) is 0.618. The molecule has 0 amide bonds. The van der Waals surface area contributed by atoms with Crippen LogP contribution in [0.2, 0.25) is 0 Å². The molecular formula is C21H25BrN2O. The van der Waals surface area contributed by atoms with Crippen molar-refractivity contribution in [2.75, 3.05) is 13.1 Å². The number of halogens is 1. The van der Waals surface area contributed by atoms with Crippen LogP contribution < -0.4 is 15.4 Å². The van der Waals surface area contributed by atoms with Crippen molar-refractivity contribution in [1.82, 2.24) is 10.6 Å². The molecule has 4 heteroatoms. The molecular weight excluding hydrogens is 376 g/mol. The zero-order valence-electron chi connectivity index (χ0n) is 14.4. The summed E-state index contributed by atoms with van der Waals surface area (Å²) < 4.78 is 6.98. The second kappa shape index (κ2) is 7.90. The van der Waals surface area contributed by atoms with Crippen molar-refractivity contribution in [3.8, 4) is 5.75 Å². The van der Waals surface area contributed by atoms with Gasteiger partial charge in [0.1, 0.15) is 12.4 Å². The van der Waals surface area contributed by atoms with Crippen molar-refractivity contribution in [3.63, 3.8) is 0 Å². The first kappa shape index (κ1) is 17.1. The molecule has 132 valence electrons.